The molecule has 1 nitrogen and oxygen atoms in total. The molecule has 0 radical (unpaired) electrons. The van der Waals surface area contributed by atoms with Gasteiger partial charge in [-0.1, -0.05) is 19.3 Å². The minimum absolute atomic E-state index is 0.438. The monoisotopic (exact) mass is 140 g/mol. The third-order valence-corrected chi connectivity index (χ3v) is 3.35. The number of aliphatic hydroxyl groups is 1. The van der Waals surface area contributed by atoms with Crippen LogP contribution in [0.15, 0.2) is 0 Å². The van der Waals surface area contributed by atoms with Crippen LogP contribution in [0, 0.1) is 17.8 Å². The zero-order valence-electron chi connectivity index (χ0n) is 6.42. The first-order chi connectivity index (χ1) is 4.90. The van der Waals surface area contributed by atoms with Crippen LogP contribution in [0.25, 0.3) is 0 Å². The number of fused-ring (bicyclic) bond motifs is 1. The van der Waals surface area contributed by atoms with Crippen molar-refractivity contribution in [3.8, 4) is 0 Å². The largest absolute Gasteiger partial charge is 0.396 e. The molecule has 2 rings (SSSR count). The average Bonchev–Trinajstić information content (AvgIpc) is 2.42. The topological polar surface area (TPSA) is 20.2 Å². The Kier molecular flexibility index (Phi) is 1.69. The summed E-state index contributed by atoms with van der Waals surface area (Å²) in [6, 6.07) is 0. The van der Waals surface area contributed by atoms with Crippen molar-refractivity contribution >= 4 is 0 Å². The zero-order valence-corrected chi connectivity index (χ0v) is 6.42. The molecule has 0 spiro atoms. The van der Waals surface area contributed by atoms with Crippen LogP contribution in [0.1, 0.15) is 32.1 Å². The van der Waals surface area contributed by atoms with Crippen LogP contribution < -0.4 is 0 Å². The van der Waals surface area contributed by atoms with Crippen LogP contribution in [0.4, 0.5) is 0 Å². The summed E-state index contributed by atoms with van der Waals surface area (Å²) in [4.78, 5) is 0. The Balaban J connectivity index is 1.94. The van der Waals surface area contributed by atoms with Crippen molar-refractivity contribution in [2.75, 3.05) is 6.61 Å². The molecule has 1 unspecified atom stereocenters. The molecule has 1 heteroatoms. The summed E-state index contributed by atoms with van der Waals surface area (Å²) in [5, 5.41) is 8.92. The molecule has 0 saturated heterocycles. The molecule has 0 heterocycles. The van der Waals surface area contributed by atoms with Crippen LogP contribution in [0.3, 0.4) is 0 Å². The van der Waals surface area contributed by atoms with Crippen molar-refractivity contribution in [3.63, 3.8) is 0 Å². The predicted octanol–water partition coefficient (Wildman–Crippen LogP) is 1.80. The van der Waals surface area contributed by atoms with Crippen LogP contribution in [-0.4, -0.2) is 11.7 Å². The van der Waals surface area contributed by atoms with E-state index in [0.29, 0.717) is 12.5 Å². The van der Waals surface area contributed by atoms with Crippen LogP contribution in [0.5, 0.6) is 0 Å². The van der Waals surface area contributed by atoms with Crippen LogP contribution in [0.2, 0.25) is 0 Å². The van der Waals surface area contributed by atoms with Crippen molar-refractivity contribution in [1.29, 1.82) is 0 Å². The van der Waals surface area contributed by atoms with E-state index >= 15 is 0 Å². The summed E-state index contributed by atoms with van der Waals surface area (Å²) in [6.45, 7) is 0.438. The predicted molar refractivity (Wildman–Crippen MR) is 40.6 cm³/mol. The quantitative estimate of drug-likeness (QED) is 0.589. The molecular weight excluding hydrogens is 124 g/mol. The number of aliphatic hydroxyl groups excluding tert-OH is 1. The maximum Gasteiger partial charge on any atom is 0.0459 e. The molecule has 2 fully saturated rings. The van der Waals surface area contributed by atoms with Crippen molar-refractivity contribution in [1.82, 2.24) is 0 Å². The fraction of sp³-hybridized carbons (Fsp3) is 1.00. The van der Waals surface area contributed by atoms with E-state index in [1.807, 2.05) is 0 Å². The SMILES string of the molecule is OCC1C[C@H]2CCC[C@H]2C1. The van der Waals surface area contributed by atoms with Gasteiger partial charge in [-0.2, -0.15) is 0 Å². The van der Waals surface area contributed by atoms with E-state index < -0.39 is 0 Å². The minimum Gasteiger partial charge on any atom is -0.396 e. The van der Waals surface area contributed by atoms with Gasteiger partial charge < -0.3 is 5.11 Å². The van der Waals surface area contributed by atoms with E-state index in [0.717, 1.165) is 11.8 Å². The van der Waals surface area contributed by atoms with Crippen LogP contribution >= 0.6 is 0 Å². The molecule has 2 aliphatic carbocycles. The Bertz CT molecular complexity index is 110. The number of rotatable bonds is 1. The number of hydrogen-bond acceptors (Lipinski definition) is 1. The standard InChI is InChI=1S/C9H16O/c10-6-7-4-8-2-1-3-9(8)5-7/h7-10H,1-6H2/t7?,8-,9+. The van der Waals surface area contributed by atoms with E-state index in [2.05, 4.69) is 0 Å². The highest BCUT2D eigenvalue weighted by molar-refractivity contribution is 4.87. The summed E-state index contributed by atoms with van der Waals surface area (Å²) in [5.74, 6) is 2.66. The molecule has 0 aromatic rings. The van der Waals surface area contributed by atoms with Gasteiger partial charge in [0.2, 0.25) is 0 Å². The normalized spacial score (nSPS) is 45.9. The summed E-state index contributed by atoms with van der Waals surface area (Å²) < 4.78 is 0. The fourth-order valence-corrected chi connectivity index (χ4v) is 2.84. The third-order valence-electron chi connectivity index (χ3n) is 3.35. The van der Waals surface area contributed by atoms with Crippen molar-refractivity contribution in [2.24, 2.45) is 17.8 Å². The summed E-state index contributed by atoms with van der Waals surface area (Å²) in [7, 11) is 0. The molecule has 2 aliphatic rings. The van der Waals surface area contributed by atoms with Crippen molar-refractivity contribution in [2.45, 2.75) is 32.1 Å². The fourth-order valence-electron chi connectivity index (χ4n) is 2.84. The smallest absolute Gasteiger partial charge is 0.0459 e. The second-order valence-electron chi connectivity index (χ2n) is 3.97. The lowest BCUT2D eigenvalue weighted by Gasteiger charge is -2.04. The summed E-state index contributed by atoms with van der Waals surface area (Å²) in [6.07, 6.45) is 6.98. The van der Waals surface area contributed by atoms with Gasteiger partial charge in [-0.3, -0.25) is 0 Å². The van der Waals surface area contributed by atoms with Crippen molar-refractivity contribution in [3.05, 3.63) is 0 Å². The highest BCUT2D eigenvalue weighted by atomic mass is 16.3. The Morgan fingerprint density at radius 1 is 1.10 bits per heavy atom. The van der Waals surface area contributed by atoms with Crippen LogP contribution in [-0.2, 0) is 0 Å². The molecule has 58 valence electrons. The van der Waals surface area contributed by atoms with Gasteiger partial charge >= 0.3 is 0 Å². The second-order valence-corrected chi connectivity index (χ2v) is 3.97. The van der Waals surface area contributed by atoms with Crippen molar-refractivity contribution < 1.29 is 5.11 Å². The Hall–Kier alpha value is -0.0400. The maximum absolute atomic E-state index is 8.92. The van der Waals surface area contributed by atoms with Gasteiger partial charge in [0.05, 0.1) is 0 Å². The Morgan fingerprint density at radius 2 is 1.70 bits per heavy atom. The lowest BCUT2D eigenvalue weighted by Crippen LogP contribution is -2.00. The average molecular weight is 140 g/mol. The first-order valence-corrected chi connectivity index (χ1v) is 4.51. The van der Waals surface area contributed by atoms with Gasteiger partial charge in [-0.25, -0.2) is 0 Å². The first kappa shape index (κ1) is 6.66. The first-order valence-electron chi connectivity index (χ1n) is 4.51. The molecule has 0 aliphatic heterocycles. The third kappa shape index (κ3) is 0.968. The van der Waals surface area contributed by atoms with E-state index in [-0.39, 0.29) is 0 Å². The Morgan fingerprint density at radius 3 is 2.20 bits per heavy atom. The lowest BCUT2D eigenvalue weighted by atomic mass is 10.0. The van der Waals surface area contributed by atoms with Gasteiger partial charge in [0, 0.05) is 6.61 Å². The van der Waals surface area contributed by atoms with E-state index in [4.69, 9.17) is 5.11 Å². The zero-order chi connectivity index (χ0) is 6.97. The second kappa shape index (κ2) is 2.54. The van der Waals surface area contributed by atoms with Gasteiger partial charge in [0.15, 0.2) is 0 Å². The molecule has 2 saturated carbocycles. The van der Waals surface area contributed by atoms with Gasteiger partial charge in [-0.15, -0.1) is 0 Å². The van der Waals surface area contributed by atoms with Gasteiger partial charge in [0.25, 0.3) is 0 Å². The molecule has 0 amide bonds. The summed E-state index contributed by atoms with van der Waals surface area (Å²) >= 11 is 0. The van der Waals surface area contributed by atoms with E-state index in [1.165, 1.54) is 32.1 Å². The van der Waals surface area contributed by atoms with E-state index in [9.17, 15) is 0 Å². The Labute approximate surface area is 62.4 Å². The lowest BCUT2D eigenvalue weighted by molar-refractivity contribution is 0.222. The molecule has 3 atom stereocenters. The molecule has 0 bridgehead atoms. The molecule has 10 heavy (non-hydrogen) atoms. The highest BCUT2D eigenvalue weighted by Crippen LogP contribution is 2.46. The number of hydrogen-bond donors (Lipinski definition) is 1. The molecule has 0 aromatic carbocycles. The maximum atomic E-state index is 8.92. The summed E-state index contributed by atoms with van der Waals surface area (Å²) in [5.41, 5.74) is 0. The van der Waals surface area contributed by atoms with Gasteiger partial charge in [-0.05, 0) is 30.6 Å². The molecule has 1 N–H and O–H groups in total. The minimum atomic E-state index is 0.438. The van der Waals surface area contributed by atoms with Gasteiger partial charge in [0.1, 0.15) is 0 Å². The molecule has 0 aromatic heterocycles. The highest BCUT2D eigenvalue weighted by Gasteiger charge is 2.36. The van der Waals surface area contributed by atoms with E-state index in [1.54, 1.807) is 0 Å². The molecular formula is C9H16O.